The van der Waals surface area contributed by atoms with Crippen LogP contribution in [0.3, 0.4) is 0 Å². The summed E-state index contributed by atoms with van der Waals surface area (Å²) in [7, 11) is 0. The summed E-state index contributed by atoms with van der Waals surface area (Å²) < 4.78 is 5.62. The smallest absolute Gasteiger partial charge is 0.320 e. The van der Waals surface area contributed by atoms with Gasteiger partial charge in [0, 0.05) is 23.7 Å². The summed E-state index contributed by atoms with van der Waals surface area (Å²) in [5.41, 5.74) is 0.880. The van der Waals surface area contributed by atoms with E-state index < -0.39 is 0 Å². The minimum atomic E-state index is 0.422. The molecule has 0 aliphatic carbocycles. The molecule has 1 fully saturated rings. The van der Waals surface area contributed by atoms with Crippen molar-refractivity contribution in [2.24, 2.45) is 0 Å². The normalized spacial score (nSPS) is 16.0. The summed E-state index contributed by atoms with van der Waals surface area (Å²) in [6.07, 6.45) is 4.75. The van der Waals surface area contributed by atoms with Crippen molar-refractivity contribution in [3.63, 3.8) is 0 Å². The van der Waals surface area contributed by atoms with E-state index >= 15 is 0 Å². The van der Waals surface area contributed by atoms with Crippen LogP contribution in [-0.4, -0.2) is 34.7 Å². The highest BCUT2D eigenvalue weighted by Gasteiger charge is 2.12. The molecule has 0 unspecified atom stereocenters. The molecule has 2 heterocycles. The van der Waals surface area contributed by atoms with Gasteiger partial charge in [0.25, 0.3) is 0 Å². The van der Waals surface area contributed by atoms with Crippen molar-refractivity contribution < 1.29 is 4.42 Å². The van der Waals surface area contributed by atoms with Crippen LogP contribution >= 0.6 is 11.6 Å². The number of rotatable bonds is 5. The first-order chi connectivity index (χ1) is 10.3. The number of nitrogens with one attached hydrogen (secondary N) is 1. The lowest BCUT2D eigenvalue weighted by Crippen LogP contribution is -2.31. The van der Waals surface area contributed by atoms with Gasteiger partial charge in [0.2, 0.25) is 5.89 Å². The molecule has 21 heavy (non-hydrogen) atoms. The molecule has 3 rings (SSSR count). The third-order valence-corrected chi connectivity index (χ3v) is 3.90. The van der Waals surface area contributed by atoms with Crippen molar-refractivity contribution >= 4 is 23.3 Å². The largest absolute Gasteiger partial charge is 0.408 e. The Balaban J connectivity index is 1.52. The summed E-state index contributed by atoms with van der Waals surface area (Å²) in [5, 5.41) is 11.9. The average Bonchev–Trinajstić information content (AvgIpc) is 2.96. The number of piperidine rings is 1. The molecule has 6 heteroatoms. The van der Waals surface area contributed by atoms with E-state index in [4.69, 9.17) is 16.0 Å². The minimum Gasteiger partial charge on any atom is -0.408 e. The van der Waals surface area contributed by atoms with Gasteiger partial charge in [0.15, 0.2) is 0 Å². The number of hydrogen-bond acceptors (Lipinski definition) is 5. The van der Waals surface area contributed by atoms with Crippen LogP contribution in [0.4, 0.5) is 11.7 Å². The van der Waals surface area contributed by atoms with Gasteiger partial charge in [-0.3, -0.25) is 0 Å². The first kappa shape index (κ1) is 14.4. The van der Waals surface area contributed by atoms with Crippen LogP contribution in [0.1, 0.15) is 25.2 Å². The van der Waals surface area contributed by atoms with Crippen LogP contribution in [0.15, 0.2) is 28.7 Å². The average molecular weight is 307 g/mol. The lowest BCUT2D eigenvalue weighted by Gasteiger charge is -2.25. The Labute approximate surface area is 129 Å². The maximum atomic E-state index is 5.85. The second kappa shape index (κ2) is 6.91. The standard InChI is InChI=1S/C15H19ClN4O/c16-12-4-6-13(7-5-12)17-15-19-18-14(21-15)8-11-20-9-2-1-3-10-20/h4-7H,1-3,8-11H2,(H,17,19). The predicted octanol–water partition coefficient (Wildman–Crippen LogP) is 3.50. The molecule has 1 aliphatic rings. The fraction of sp³-hybridized carbons (Fsp3) is 0.467. The van der Waals surface area contributed by atoms with E-state index in [0.29, 0.717) is 16.9 Å². The highest BCUT2D eigenvalue weighted by molar-refractivity contribution is 6.30. The lowest BCUT2D eigenvalue weighted by molar-refractivity contribution is 0.226. The third-order valence-electron chi connectivity index (χ3n) is 3.65. The maximum Gasteiger partial charge on any atom is 0.320 e. The van der Waals surface area contributed by atoms with Gasteiger partial charge >= 0.3 is 6.01 Å². The zero-order chi connectivity index (χ0) is 14.5. The molecule has 2 aromatic rings. The Hall–Kier alpha value is -1.59. The van der Waals surface area contributed by atoms with Gasteiger partial charge in [-0.25, -0.2) is 0 Å². The Morgan fingerprint density at radius 1 is 1.10 bits per heavy atom. The van der Waals surface area contributed by atoms with Crippen LogP contribution in [-0.2, 0) is 6.42 Å². The molecular formula is C15H19ClN4O. The van der Waals surface area contributed by atoms with Gasteiger partial charge in [-0.15, -0.1) is 5.10 Å². The zero-order valence-corrected chi connectivity index (χ0v) is 12.6. The Bertz CT molecular complexity index is 563. The quantitative estimate of drug-likeness (QED) is 0.916. The summed E-state index contributed by atoms with van der Waals surface area (Å²) in [4.78, 5) is 2.46. The van der Waals surface area contributed by atoms with E-state index in [9.17, 15) is 0 Å². The molecule has 112 valence electrons. The number of anilines is 2. The number of aromatic nitrogens is 2. The number of likely N-dealkylation sites (tertiary alicyclic amines) is 1. The molecule has 0 atom stereocenters. The molecule has 0 radical (unpaired) electrons. The fourth-order valence-electron chi connectivity index (χ4n) is 2.50. The van der Waals surface area contributed by atoms with Gasteiger partial charge in [-0.05, 0) is 50.2 Å². The Morgan fingerprint density at radius 2 is 1.86 bits per heavy atom. The molecule has 1 aliphatic heterocycles. The van der Waals surface area contributed by atoms with Crippen molar-refractivity contribution in [3.8, 4) is 0 Å². The number of hydrogen-bond donors (Lipinski definition) is 1. The monoisotopic (exact) mass is 306 g/mol. The van der Waals surface area contributed by atoms with E-state index in [1.807, 2.05) is 24.3 Å². The second-order valence-electron chi connectivity index (χ2n) is 5.29. The van der Waals surface area contributed by atoms with Gasteiger partial charge in [-0.1, -0.05) is 23.1 Å². The van der Waals surface area contributed by atoms with Crippen LogP contribution in [0.5, 0.6) is 0 Å². The highest BCUT2D eigenvalue weighted by Crippen LogP contribution is 2.18. The van der Waals surface area contributed by atoms with Crippen molar-refractivity contribution in [1.29, 1.82) is 0 Å². The molecule has 0 amide bonds. The maximum absolute atomic E-state index is 5.85. The summed E-state index contributed by atoms with van der Waals surface area (Å²) in [5.74, 6) is 0.678. The Morgan fingerprint density at radius 3 is 2.62 bits per heavy atom. The van der Waals surface area contributed by atoms with Gasteiger partial charge < -0.3 is 14.6 Å². The molecular weight excluding hydrogens is 288 g/mol. The van der Waals surface area contributed by atoms with Crippen LogP contribution in [0.25, 0.3) is 0 Å². The summed E-state index contributed by atoms with van der Waals surface area (Å²) in [6, 6.07) is 7.81. The SMILES string of the molecule is Clc1ccc(Nc2nnc(CCN3CCCCC3)o2)cc1. The molecule has 5 nitrogen and oxygen atoms in total. The number of benzene rings is 1. The molecule has 0 bridgehead atoms. The van der Waals surface area contributed by atoms with Gasteiger partial charge in [0.1, 0.15) is 0 Å². The van der Waals surface area contributed by atoms with E-state index in [1.54, 1.807) is 0 Å². The van der Waals surface area contributed by atoms with Crippen LogP contribution in [0.2, 0.25) is 5.02 Å². The summed E-state index contributed by atoms with van der Waals surface area (Å²) in [6.45, 7) is 3.36. The first-order valence-corrected chi connectivity index (χ1v) is 7.75. The minimum absolute atomic E-state index is 0.422. The highest BCUT2D eigenvalue weighted by atomic mass is 35.5. The molecule has 1 aromatic heterocycles. The van der Waals surface area contributed by atoms with Gasteiger partial charge in [-0.2, -0.15) is 0 Å². The molecule has 1 aromatic carbocycles. The predicted molar refractivity (Wildman–Crippen MR) is 83.0 cm³/mol. The summed E-state index contributed by atoms with van der Waals surface area (Å²) >= 11 is 5.85. The van der Waals surface area contributed by atoms with E-state index in [0.717, 1.165) is 18.7 Å². The van der Waals surface area contributed by atoms with E-state index in [1.165, 1.54) is 32.4 Å². The molecule has 0 saturated carbocycles. The Kier molecular flexibility index (Phi) is 4.72. The first-order valence-electron chi connectivity index (χ1n) is 7.37. The van der Waals surface area contributed by atoms with E-state index in [2.05, 4.69) is 20.4 Å². The van der Waals surface area contributed by atoms with Crippen molar-refractivity contribution in [3.05, 3.63) is 35.2 Å². The third kappa shape index (κ3) is 4.19. The molecule has 0 spiro atoms. The van der Waals surface area contributed by atoms with Crippen molar-refractivity contribution in [1.82, 2.24) is 15.1 Å². The number of nitrogens with zero attached hydrogens (tertiary/aromatic N) is 3. The van der Waals surface area contributed by atoms with Crippen molar-refractivity contribution in [2.45, 2.75) is 25.7 Å². The molecule has 1 N–H and O–H groups in total. The van der Waals surface area contributed by atoms with Crippen molar-refractivity contribution in [2.75, 3.05) is 25.0 Å². The number of halogens is 1. The fourth-order valence-corrected chi connectivity index (χ4v) is 2.62. The topological polar surface area (TPSA) is 54.2 Å². The molecule has 1 saturated heterocycles. The zero-order valence-electron chi connectivity index (χ0n) is 11.9. The van der Waals surface area contributed by atoms with Crippen LogP contribution in [0, 0.1) is 0 Å². The lowest BCUT2D eigenvalue weighted by atomic mass is 10.1. The van der Waals surface area contributed by atoms with Crippen LogP contribution < -0.4 is 5.32 Å². The second-order valence-corrected chi connectivity index (χ2v) is 5.72. The van der Waals surface area contributed by atoms with E-state index in [-0.39, 0.29) is 0 Å². The van der Waals surface area contributed by atoms with Gasteiger partial charge in [0.05, 0.1) is 0 Å².